The minimum atomic E-state index is -4.68. The summed E-state index contributed by atoms with van der Waals surface area (Å²) < 4.78 is 73.3. The van der Waals surface area contributed by atoms with Gasteiger partial charge in [-0.05, 0) is 30.3 Å². The number of aromatic nitrogens is 1. The third-order valence-corrected chi connectivity index (χ3v) is 4.05. The molecule has 0 aliphatic rings. The first kappa shape index (κ1) is 18.7. The highest BCUT2D eigenvalue weighted by Crippen LogP contribution is 2.36. The Bertz CT molecular complexity index is 1030. The van der Waals surface area contributed by atoms with E-state index in [1.54, 1.807) is 0 Å². The van der Waals surface area contributed by atoms with Crippen LogP contribution in [0.5, 0.6) is 5.75 Å². The summed E-state index contributed by atoms with van der Waals surface area (Å²) in [5.74, 6) is -2.82. The molecule has 2 aromatic carbocycles. The van der Waals surface area contributed by atoms with Crippen molar-refractivity contribution in [1.82, 2.24) is 4.57 Å². The van der Waals surface area contributed by atoms with Crippen LogP contribution in [-0.4, -0.2) is 22.8 Å². The molecule has 9 heteroatoms. The van der Waals surface area contributed by atoms with Crippen molar-refractivity contribution in [1.29, 1.82) is 0 Å². The lowest BCUT2D eigenvalue weighted by atomic mass is 10.1. The second kappa shape index (κ2) is 6.57. The van der Waals surface area contributed by atoms with Crippen LogP contribution in [0.2, 0.25) is 0 Å². The van der Waals surface area contributed by atoms with E-state index < -0.39 is 41.3 Å². The van der Waals surface area contributed by atoms with Gasteiger partial charge in [-0.3, -0.25) is 0 Å². The smallest absolute Gasteiger partial charge is 0.416 e. The van der Waals surface area contributed by atoms with Crippen molar-refractivity contribution in [2.24, 2.45) is 0 Å². The maximum absolute atomic E-state index is 15.2. The Labute approximate surface area is 149 Å². The molecule has 0 bridgehead atoms. The molecule has 27 heavy (non-hydrogen) atoms. The summed E-state index contributed by atoms with van der Waals surface area (Å²) in [6.45, 7) is 0. The maximum atomic E-state index is 15.2. The monoisotopic (exact) mass is 385 g/mol. The number of ether oxygens (including phenoxy) is 1. The lowest BCUT2D eigenvalue weighted by Crippen LogP contribution is -2.15. The van der Waals surface area contributed by atoms with Gasteiger partial charge in [0.25, 0.3) is 0 Å². The zero-order valence-electron chi connectivity index (χ0n) is 13.7. The highest BCUT2D eigenvalue weighted by molar-refractivity contribution is 5.96. The molecular formula is C18H12F5NO3. The van der Waals surface area contributed by atoms with E-state index in [9.17, 15) is 27.5 Å². The number of rotatable bonds is 3. The summed E-state index contributed by atoms with van der Waals surface area (Å²) in [4.78, 5) is 12.0. The molecule has 0 aliphatic heterocycles. The molecule has 3 rings (SSSR count). The predicted molar refractivity (Wildman–Crippen MR) is 85.6 cm³/mol. The Kier molecular flexibility index (Phi) is 4.54. The van der Waals surface area contributed by atoms with Gasteiger partial charge in [0.15, 0.2) is 11.6 Å². The third kappa shape index (κ3) is 3.20. The topological polar surface area (TPSA) is 51.5 Å². The van der Waals surface area contributed by atoms with E-state index in [1.165, 1.54) is 0 Å². The molecule has 0 saturated carbocycles. The second-order valence-electron chi connectivity index (χ2n) is 5.68. The molecule has 1 N–H and O–H groups in total. The molecule has 0 amide bonds. The van der Waals surface area contributed by atoms with Crippen LogP contribution < -0.4 is 0 Å². The van der Waals surface area contributed by atoms with E-state index in [1.807, 2.05) is 0 Å². The molecule has 3 aromatic rings. The van der Waals surface area contributed by atoms with E-state index in [2.05, 4.69) is 4.74 Å². The Morgan fingerprint density at radius 2 is 1.89 bits per heavy atom. The number of benzene rings is 2. The number of aromatic hydroxyl groups is 1. The van der Waals surface area contributed by atoms with Gasteiger partial charge in [-0.25, -0.2) is 13.6 Å². The van der Waals surface area contributed by atoms with E-state index in [0.29, 0.717) is 6.07 Å². The molecule has 142 valence electrons. The molecule has 4 nitrogen and oxygen atoms in total. The van der Waals surface area contributed by atoms with Crippen LogP contribution >= 0.6 is 0 Å². The van der Waals surface area contributed by atoms with Gasteiger partial charge in [-0.1, -0.05) is 12.1 Å². The minimum absolute atomic E-state index is 0.129. The fourth-order valence-corrected chi connectivity index (χ4v) is 2.77. The van der Waals surface area contributed by atoms with E-state index in [0.717, 1.165) is 48.1 Å². The van der Waals surface area contributed by atoms with Gasteiger partial charge in [-0.15, -0.1) is 0 Å². The summed E-state index contributed by atoms with van der Waals surface area (Å²) in [7, 11) is 1.02. The zero-order valence-corrected chi connectivity index (χ0v) is 13.7. The standard InChI is InChI=1S/C18H12F5NO3/c1-27-17(26)13-8-11-12(5-6-14(25)15(11)19)24(13)16(20)9-3-2-4-10(7-9)18(21,22)23/h2-8,16,25H,1H3. The van der Waals surface area contributed by atoms with Crippen molar-refractivity contribution in [3.63, 3.8) is 0 Å². The van der Waals surface area contributed by atoms with Crippen LogP contribution in [0, 0.1) is 5.82 Å². The summed E-state index contributed by atoms with van der Waals surface area (Å²) >= 11 is 0. The van der Waals surface area contributed by atoms with Crippen molar-refractivity contribution in [3.05, 3.63) is 65.1 Å². The number of carbonyl (C=O) groups is 1. The number of carbonyl (C=O) groups excluding carboxylic acids is 1. The summed E-state index contributed by atoms with van der Waals surface area (Å²) in [6.07, 6.45) is -6.92. The van der Waals surface area contributed by atoms with Crippen LogP contribution in [0.15, 0.2) is 42.5 Å². The fraction of sp³-hybridized carbons (Fsp3) is 0.167. The quantitative estimate of drug-likeness (QED) is 0.520. The molecular weight excluding hydrogens is 373 g/mol. The van der Waals surface area contributed by atoms with Gasteiger partial charge in [0.2, 0.25) is 6.30 Å². The van der Waals surface area contributed by atoms with Crippen molar-refractivity contribution in [3.8, 4) is 5.75 Å². The minimum Gasteiger partial charge on any atom is -0.505 e. The number of alkyl halides is 4. The predicted octanol–water partition coefficient (Wildman–Crippen LogP) is 4.81. The molecule has 1 unspecified atom stereocenters. The van der Waals surface area contributed by atoms with Crippen LogP contribution in [0.1, 0.15) is 27.9 Å². The number of phenolic OH excluding ortho intramolecular Hbond substituents is 1. The highest BCUT2D eigenvalue weighted by atomic mass is 19.4. The third-order valence-electron chi connectivity index (χ3n) is 4.05. The van der Waals surface area contributed by atoms with E-state index in [4.69, 9.17) is 0 Å². The van der Waals surface area contributed by atoms with Gasteiger partial charge in [0.05, 0.1) is 18.2 Å². The SMILES string of the molecule is COC(=O)c1cc2c(F)c(O)ccc2n1C(F)c1cccc(C(F)(F)F)c1. The molecule has 1 heterocycles. The summed E-state index contributed by atoms with van der Waals surface area (Å²) in [5.41, 5.74) is -2.00. The average Bonchev–Trinajstić information content (AvgIpc) is 3.03. The van der Waals surface area contributed by atoms with Crippen molar-refractivity contribution >= 4 is 16.9 Å². The van der Waals surface area contributed by atoms with Crippen molar-refractivity contribution in [2.75, 3.05) is 7.11 Å². The molecule has 0 saturated heterocycles. The highest BCUT2D eigenvalue weighted by Gasteiger charge is 2.32. The zero-order chi connectivity index (χ0) is 19.9. The first-order chi connectivity index (χ1) is 12.6. The molecule has 1 aromatic heterocycles. The molecule has 0 spiro atoms. The first-order valence-electron chi connectivity index (χ1n) is 7.57. The number of fused-ring (bicyclic) bond motifs is 1. The van der Waals surface area contributed by atoms with E-state index in [-0.39, 0.29) is 16.5 Å². The number of hydrogen-bond donors (Lipinski definition) is 1. The Morgan fingerprint density at radius 1 is 1.19 bits per heavy atom. The van der Waals surface area contributed by atoms with Gasteiger partial charge in [0.1, 0.15) is 5.69 Å². The van der Waals surface area contributed by atoms with Crippen LogP contribution in [-0.2, 0) is 10.9 Å². The summed E-state index contributed by atoms with van der Waals surface area (Å²) in [5, 5.41) is 9.20. The molecule has 0 aliphatic carbocycles. The van der Waals surface area contributed by atoms with E-state index >= 15 is 4.39 Å². The molecule has 0 radical (unpaired) electrons. The lowest BCUT2D eigenvalue weighted by molar-refractivity contribution is -0.137. The normalized spacial score (nSPS) is 13.0. The van der Waals surface area contributed by atoms with Crippen LogP contribution in [0.25, 0.3) is 10.9 Å². The second-order valence-corrected chi connectivity index (χ2v) is 5.68. The number of halogens is 5. The van der Waals surface area contributed by atoms with Crippen LogP contribution in [0.3, 0.4) is 0 Å². The Balaban J connectivity index is 2.24. The van der Waals surface area contributed by atoms with Gasteiger partial charge >= 0.3 is 12.1 Å². The maximum Gasteiger partial charge on any atom is 0.416 e. The van der Waals surface area contributed by atoms with Crippen molar-refractivity contribution in [2.45, 2.75) is 12.5 Å². The largest absolute Gasteiger partial charge is 0.505 e. The Morgan fingerprint density at radius 3 is 2.52 bits per heavy atom. The van der Waals surface area contributed by atoms with Gasteiger partial charge in [0, 0.05) is 10.9 Å². The Hall–Kier alpha value is -3.10. The van der Waals surface area contributed by atoms with Gasteiger partial charge < -0.3 is 14.4 Å². The number of methoxy groups -OCH3 is 1. The summed E-state index contributed by atoms with van der Waals surface area (Å²) in [6, 6.07) is 6.60. The lowest BCUT2D eigenvalue weighted by Gasteiger charge is -2.17. The fourth-order valence-electron chi connectivity index (χ4n) is 2.77. The number of phenols is 1. The number of nitrogens with zero attached hydrogens (tertiary/aromatic N) is 1. The first-order valence-corrected chi connectivity index (χ1v) is 7.57. The number of hydrogen-bond acceptors (Lipinski definition) is 3. The van der Waals surface area contributed by atoms with Crippen molar-refractivity contribution < 1.29 is 36.6 Å². The number of esters is 1. The molecule has 0 fully saturated rings. The van der Waals surface area contributed by atoms with Crippen LogP contribution in [0.4, 0.5) is 22.0 Å². The molecule has 1 atom stereocenters. The van der Waals surface area contributed by atoms with Gasteiger partial charge in [-0.2, -0.15) is 13.2 Å². The average molecular weight is 385 g/mol.